The summed E-state index contributed by atoms with van der Waals surface area (Å²) in [6.07, 6.45) is -0.396. The Morgan fingerprint density at radius 3 is 2.39 bits per heavy atom. The average molecular weight is 328 g/mol. The molecule has 0 radical (unpaired) electrons. The van der Waals surface area contributed by atoms with E-state index in [1.807, 2.05) is 55.1 Å². The lowest BCUT2D eigenvalue weighted by Crippen LogP contribution is -2.44. The molecule has 5 nitrogen and oxygen atoms in total. The standard InChI is InChI=1S/C17H18ClN5/c1-10-6-11(2)8-14(7-10)23-15(21-16(19)22-17(23)20)12-4-3-5-13(18)9-12/h3-9,15H,1-2H3,(H4,19,20,21,22)/t15-/m1/s1. The second-order valence-electron chi connectivity index (χ2n) is 5.60. The van der Waals surface area contributed by atoms with Crippen LogP contribution in [0, 0.1) is 13.8 Å². The van der Waals surface area contributed by atoms with E-state index in [-0.39, 0.29) is 5.96 Å². The summed E-state index contributed by atoms with van der Waals surface area (Å²) in [6, 6.07) is 13.7. The molecule has 0 unspecified atom stereocenters. The highest BCUT2D eigenvalue weighted by atomic mass is 35.5. The minimum Gasteiger partial charge on any atom is -0.369 e. The van der Waals surface area contributed by atoms with Crippen molar-refractivity contribution in [2.45, 2.75) is 20.0 Å². The van der Waals surface area contributed by atoms with Crippen LogP contribution in [0.5, 0.6) is 0 Å². The zero-order valence-corrected chi connectivity index (χ0v) is 13.7. The predicted octanol–water partition coefficient (Wildman–Crippen LogP) is 3.11. The third-order valence-electron chi connectivity index (χ3n) is 3.61. The number of nitrogens with two attached hydrogens (primary N) is 2. The maximum absolute atomic E-state index is 6.15. The number of halogens is 1. The number of nitrogens with zero attached hydrogens (tertiary/aromatic N) is 3. The van der Waals surface area contributed by atoms with Crippen LogP contribution in [-0.2, 0) is 0 Å². The quantitative estimate of drug-likeness (QED) is 0.889. The molecule has 1 heterocycles. The summed E-state index contributed by atoms with van der Waals surface area (Å²) < 4.78 is 0. The summed E-state index contributed by atoms with van der Waals surface area (Å²) in [7, 11) is 0. The van der Waals surface area contributed by atoms with E-state index < -0.39 is 6.17 Å². The number of aliphatic imine (C=N–C) groups is 2. The van der Waals surface area contributed by atoms with E-state index >= 15 is 0 Å². The first-order valence-electron chi connectivity index (χ1n) is 7.24. The van der Waals surface area contributed by atoms with Crippen LogP contribution >= 0.6 is 11.6 Å². The molecule has 1 aliphatic heterocycles. The van der Waals surface area contributed by atoms with Gasteiger partial charge in [-0.05, 0) is 54.8 Å². The summed E-state index contributed by atoms with van der Waals surface area (Å²) in [6.45, 7) is 4.08. The molecule has 6 heteroatoms. The molecule has 2 aromatic carbocycles. The van der Waals surface area contributed by atoms with Gasteiger partial charge in [0.15, 0.2) is 6.17 Å². The Morgan fingerprint density at radius 2 is 1.74 bits per heavy atom. The fourth-order valence-electron chi connectivity index (χ4n) is 2.76. The van der Waals surface area contributed by atoms with Gasteiger partial charge in [-0.2, -0.15) is 4.99 Å². The fraction of sp³-hybridized carbons (Fsp3) is 0.176. The Balaban J connectivity index is 2.13. The van der Waals surface area contributed by atoms with Gasteiger partial charge in [-0.25, -0.2) is 4.99 Å². The van der Waals surface area contributed by atoms with E-state index in [9.17, 15) is 0 Å². The van der Waals surface area contributed by atoms with Gasteiger partial charge in [0.1, 0.15) is 0 Å². The van der Waals surface area contributed by atoms with Gasteiger partial charge >= 0.3 is 0 Å². The molecule has 3 rings (SSSR count). The summed E-state index contributed by atoms with van der Waals surface area (Å²) in [5.41, 5.74) is 16.1. The van der Waals surface area contributed by atoms with E-state index in [0.29, 0.717) is 11.0 Å². The predicted molar refractivity (Wildman–Crippen MR) is 95.8 cm³/mol. The summed E-state index contributed by atoms with van der Waals surface area (Å²) in [5, 5.41) is 0.637. The number of anilines is 1. The van der Waals surface area contributed by atoms with Crippen LogP contribution in [-0.4, -0.2) is 11.9 Å². The number of rotatable bonds is 2. The third-order valence-corrected chi connectivity index (χ3v) is 3.84. The topological polar surface area (TPSA) is 80.0 Å². The molecule has 1 atom stereocenters. The molecule has 0 fully saturated rings. The van der Waals surface area contributed by atoms with Gasteiger partial charge in [0.25, 0.3) is 0 Å². The van der Waals surface area contributed by atoms with Crippen LogP contribution in [0.4, 0.5) is 5.69 Å². The van der Waals surface area contributed by atoms with Crippen molar-refractivity contribution in [1.29, 1.82) is 0 Å². The van der Waals surface area contributed by atoms with Gasteiger partial charge in [0, 0.05) is 10.7 Å². The van der Waals surface area contributed by atoms with Crippen LogP contribution in [0.25, 0.3) is 0 Å². The Labute approximate surface area is 140 Å². The minimum absolute atomic E-state index is 0.160. The highest BCUT2D eigenvalue weighted by Crippen LogP contribution is 2.32. The highest BCUT2D eigenvalue weighted by Gasteiger charge is 2.27. The second kappa shape index (κ2) is 5.93. The smallest absolute Gasteiger partial charge is 0.221 e. The van der Waals surface area contributed by atoms with Crippen molar-refractivity contribution in [3.05, 3.63) is 64.2 Å². The van der Waals surface area contributed by atoms with Crippen molar-refractivity contribution in [1.82, 2.24) is 0 Å². The van der Waals surface area contributed by atoms with Crippen molar-refractivity contribution in [3.8, 4) is 0 Å². The van der Waals surface area contributed by atoms with Crippen LogP contribution in [0.2, 0.25) is 5.02 Å². The molecule has 0 aromatic heterocycles. The molecule has 118 valence electrons. The van der Waals surface area contributed by atoms with Crippen molar-refractivity contribution in [3.63, 3.8) is 0 Å². The third kappa shape index (κ3) is 3.14. The van der Waals surface area contributed by atoms with Gasteiger partial charge in [-0.1, -0.05) is 29.8 Å². The summed E-state index contributed by atoms with van der Waals surface area (Å²) in [5.74, 6) is 0.473. The van der Waals surface area contributed by atoms with Gasteiger partial charge < -0.3 is 11.5 Å². The molecule has 2 aromatic rings. The molecular weight excluding hydrogens is 310 g/mol. The van der Waals surface area contributed by atoms with E-state index in [2.05, 4.69) is 16.1 Å². The number of aryl methyl sites for hydroxylation is 2. The first kappa shape index (κ1) is 15.4. The van der Waals surface area contributed by atoms with E-state index in [1.54, 1.807) is 0 Å². The van der Waals surface area contributed by atoms with Crippen LogP contribution in [0.3, 0.4) is 0 Å². The van der Waals surface area contributed by atoms with Gasteiger partial charge in [-0.3, -0.25) is 4.90 Å². The second-order valence-corrected chi connectivity index (χ2v) is 6.04. The van der Waals surface area contributed by atoms with Crippen LogP contribution in [0.15, 0.2) is 52.4 Å². The van der Waals surface area contributed by atoms with Gasteiger partial charge in [-0.15, -0.1) is 0 Å². The molecule has 0 spiro atoms. The summed E-state index contributed by atoms with van der Waals surface area (Å²) in [4.78, 5) is 10.4. The number of benzene rings is 2. The molecule has 0 amide bonds. The lowest BCUT2D eigenvalue weighted by molar-refractivity contribution is 0.736. The van der Waals surface area contributed by atoms with Crippen molar-refractivity contribution in [2.75, 3.05) is 4.90 Å². The molecule has 0 bridgehead atoms. The first-order chi connectivity index (χ1) is 10.9. The Bertz CT molecular complexity index is 792. The normalized spacial score (nSPS) is 17.7. The highest BCUT2D eigenvalue weighted by molar-refractivity contribution is 6.30. The molecule has 0 saturated carbocycles. The molecule has 0 aliphatic carbocycles. The Morgan fingerprint density at radius 1 is 1.04 bits per heavy atom. The zero-order valence-electron chi connectivity index (χ0n) is 13.0. The monoisotopic (exact) mass is 327 g/mol. The van der Waals surface area contributed by atoms with Gasteiger partial charge in [0.2, 0.25) is 11.9 Å². The molecular formula is C17H18ClN5. The van der Waals surface area contributed by atoms with E-state index in [4.69, 9.17) is 23.1 Å². The van der Waals surface area contributed by atoms with E-state index in [0.717, 1.165) is 22.4 Å². The number of guanidine groups is 2. The zero-order chi connectivity index (χ0) is 16.6. The largest absolute Gasteiger partial charge is 0.369 e. The maximum atomic E-state index is 6.15. The lowest BCUT2D eigenvalue weighted by Gasteiger charge is -2.33. The first-order valence-corrected chi connectivity index (χ1v) is 7.62. The van der Waals surface area contributed by atoms with Gasteiger partial charge in [0.05, 0.1) is 0 Å². The SMILES string of the molecule is Cc1cc(C)cc(N2C(N)=NC(N)=N[C@H]2c2cccc(Cl)c2)c1. The maximum Gasteiger partial charge on any atom is 0.221 e. The molecule has 4 N–H and O–H groups in total. The van der Waals surface area contributed by atoms with Crippen molar-refractivity contribution in [2.24, 2.45) is 21.5 Å². The van der Waals surface area contributed by atoms with E-state index in [1.165, 1.54) is 0 Å². The lowest BCUT2D eigenvalue weighted by atomic mass is 10.1. The van der Waals surface area contributed by atoms with Crippen LogP contribution in [0.1, 0.15) is 22.9 Å². The molecule has 0 saturated heterocycles. The number of hydrogen-bond donors (Lipinski definition) is 2. The molecule has 23 heavy (non-hydrogen) atoms. The van der Waals surface area contributed by atoms with Crippen molar-refractivity contribution < 1.29 is 0 Å². The molecule has 1 aliphatic rings. The average Bonchev–Trinajstić information content (AvgIpc) is 2.45. The van der Waals surface area contributed by atoms with Crippen LogP contribution < -0.4 is 16.4 Å². The Hall–Kier alpha value is -2.53. The fourth-order valence-corrected chi connectivity index (χ4v) is 2.96. The minimum atomic E-state index is -0.396. The number of hydrogen-bond acceptors (Lipinski definition) is 5. The van der Waals surface area contributed by atoms with Crippen molar-refractivity contribution >= 4 is 29.2 Å². The summed E-state index contributed by atoms with van der Waals surface area (Å²) >= 11 is 6.12. The Kier molecular flexibility index (Phi) is 3.96.